The molecule has 0 aromatic carbocycles. The molecule has 14 heavy (non-hydrogen) atoms. The van der Waals surface area contributed by atoms with Gasteiger partial charge in [-0.2, -0.15) is 11.8 Å². The van der Waals surface area contributed by atoms with E-state index in [0.717, 1.165) is 32.5 Å². The molecule has 1 rings (SSSR count). The molecule has 0 aliphatic heterocycles. The lowest BCUT2D eigenvalue weighted by molar-refractivity contribution is 0.0878. The van der Waals surface area contributed by atoms with Gasteiger partial charge in [-0.05, 0) is 30.8 Å². The van der Waals surface area contributed by atoms with Gasteiger partial charge in [0.25, 0.3) is 0 Å². The van der Waals surface area contributed by atoms with Crippen LogP contribution >= 0.6 is 11.8 Å². The van der Waals surface area contributed by atoms with Gasteiger partial charge in [-0.25, -0.2) is 0 Å². The highest BCUT2D eigenvalue weighted by Crippen LogP contribution is 2.27. The molecule has 0 unspecified atom stereocenters. The summed E-state index contributed by atoms with van der Waals surface area (Å²) in [4.78, 5) is 0. The summed E-state index contributed by atoms with van der Waals surface area (Å²) >= 11 is 1.98. The van der Waals surface area contributed by atoms with Crippen molar-refractivity contribution in [3.63, 3.8) is 0 Å². The molecule has 0 heterocycles. The molecule has 2 nitrogen and oxygen atoms in total. The van der Waals surface area contributed by atoms with Crippen molar-refractivity contribution in [1.82, 2.24) is 0 Å². The first kappa shape index (κ1) is 12.3. The maximum atomic E-state index is 6.17. The molecule has 0 bridgehead atoms. The second kappa shape index (κ2) is 6.70. The molecule has 0 atom stereocenters. The first-order chi connectivity index (χ1) is 6.77. The van der Waals surface area contributed by atoms with Crippen molar-refractivity contribution in [1.29, 1.82) is 0 Å². The summed E-state index contributed by atoms with van der Waals surface area (Å²) in [6.45, 7) is 3.84. The molecule has 0 aromatic rings. The molecule has 84 valence electrons. The van der Waals surface area contributed by atoms with Gasteiger partial charge >= 0.3 is 0 Å². The zero-order valence-electron chi connectivity index (χ0n) is 9.26. The fraction of sp³-hybridized carbons (Fsp3) is 1.00. The van der Waals surface area contributed by atoms with E-state index >= 15 is 0 Å². The van der Waals surface area contributed by atoms with Crippen LogP contribution in [0.3, 0.4) is 0 Å². The van der Waals surface area contributed by atoms with E-state index in [4.69, 9.17) is 10.5 Å². The molecule has 0 aromatic heterocycles. The van der Waals surface area contributed by atoms with Gasteiger partial charge in [0, 0.05) is 12.1 Å². The third-order valence-corrected chi connectivity index (χ3v) is 3.76. The molecular weight excluding hydrogens is 194 g/mol. The average Bonchev–Trinajstić information content (AvgIpc) is 2.59. The SMILES string of the molecule is CCSCCCOCC1(N)CCCC1. The minimum atomic E-state index is 0.0118. The summed E-state index contributed by atoms with van der Waals surface area (Å²) in [5.74, 6) is 2.43. The predicted molar refractivity (Wildman–Crippen MR) is 63.8 cm³/mol. The molecule has 2 N–H and O–H groups in total. The zero-order valence-corrected chi connectivity index (χ0v) is 10.1. The van der Waals surface area contributed by atoms with Gasteiger partial charge in [0.2, 0.25) is 0 Å². The van der Waals surface area contributed by atoms with E-state index in [9.17, 15) is 0 Å². The smallest absolute Gasteiger partial charge is 0.0646 e. The van der Waals surface area contributed by atoms with Crippen molar-refractivity contribution in [2.24, 2.45) is 5.73 Å². The Bertz CT molecular complexity index is 146. The number of rotatable bonds is 7. The minimum Gasteiger partial charge on any atom is -0.380 e. The number of hydrogen-bond acceptors (Lipinski definition) is 3. The first-order valence-corrected chi connectivity index (χ1v) is 6.87. The fourth-order valence-corrected chi connectivity index (χ4v) is 2.52. The Kier molecular flexibility index (Phi) is 5.90. The third-order valence-electron chi connectivity index (χ3n) is 2.77. The third kappa shape index (κ3) is 4.67. The summed E-state index contributed by atoms with van der Waals surface area (Å²) in [7, 11) is 0. The topological polar surface area (TPSA) is 35.2 Å². The Morgan fingerprint density at radius 2 is 2.07 bits per heavy atom. The molecule has 3 heteroatoms. The van der Waals surface area contributed by atoms with E-state index in [2.05, 4.69) is 6.92 Å². The van der Waals surface area contributed by atoms with Crippen LogP contribution in [0.4, 0.5) is 0 Å². The summed E-state index contributed by atoms with van der Waals surface area (Å²) in [5.41, 5.74) is 6.18. The summed E-state index contributed by atoms with van der Waals surface area (Å²) < 4.78 is 5.63. The average molecular weight is 217 g/mol. The van der Waals surface area contributed by atoms with Crippen LogP contribution in [-0.4, -0.2) is 30.3 Å². The number of ether oxygens (including phenoxy) is 1. The van der Waals surface area contributed by atoms with Crippen LogP contribution < -0.4 is 5.73 Å². The zero-order chi connectivity index (χ0) is 10.3. The normalized spacial score (nSPS) is 20.1. The van der Waals surface area contributed by atoms with Crippen LogP contribution in [0.2, 0.25) is 0 Å². The second-order valence-corrected chi connectivity index (χ2v) is 5.57. The summed E-state index contributed by atoms with van der Waals surface area (Å²) in [6, 6.07) is 0. The maximum Gasteiger partial charge on any atom is 0.0646 e. The Hall–Kier alpha value is 0.270. The molecular formula is C11H23NOS. The lowest BCUT2D eigenvalue weighted by Crippen LogP contribution is -2.41. The molecule has 1 saturated carbocycles. The first-order valence-electron chi connectivity index (χ1n) is 5.71. The highest BCUT2D eigenvalue weighted by Gasteiger charge is 2.29. The summed E-state index contributed by atoms with van der Waals surface area (Å²) in [6.07, 6.45) is 6.03. The predicted octanol–water partition coefficient (Wildman–Crippen LogP) is 2.42. The lowest BCUT2D eigenvalue weighted by Gasteiger charge is -2.22. The number of thioether (sulfide) groups is 1. The molecule has 1 aliphatic carbocycles. The largest absolute Gasteiger partial charge is 0.380 e. The van der Waals surface area contributed by atoms with E-state index in [1.807, 2.05) is 11.8 Å². The van der Waals surface area contributed by atoms with E-state index < -0.39 is 0 Å². The highest BCUT2D eigenvalue weighted by atomic mass is 32.2. The van der Waals surface area contributed by atoms with Crippen LogP contribution in [-0.2, 0) is 4.74 Å². The molecule has 0 radical (unpaired) electrons. The van der Waals surface area contributed by atoms with E-state index in [-0.39, 0.29) is 5.54 Å². The van der Waals surface area contributed by atoms with Gasteiger partial charge in [-0.1, -0.05) is 19.8 Å². The fourth-order valence-electron chi connectivity index (χ4n) is 1.91. The molecule has 1 aliphatic rings. The molecule has 0 saturated heterocycles. The second-order valence-electron chi connectivity index (χ2n) is 4.17. The lowest BCUT2D eigenvalue weighted by atomic mass is 10.0. The van der Waals surface area contributed by atoms with Gasteiger partial charge in [0.15, 0.2) is 0 Å². The molecule has 1 fully saturated rings. The van der Waals surface area contributed by atoms with Crippen LogP contribution in [0, 0.1) is 0 Å². The van der Waals surface area contributed by atoms with E-state index in [0.29, 0.717) is 0 Å². The maximum absolute atomic E-state index is 6.17. The Morgan fingerprint density at radius 1 is 1.36 bits per heavy atom. The highest BCUT2D eigenvalue weighted by molar-refractivity contribution is 7.99. The van der Waals surface area contributed by atoms with E-state index in [1.54, 1.807) is 0 Å². The van der Waals surface area contributed by atoms with Crippen molar-refractivity contribution in [3.8, 4) is 0 Å². The van der Waals surface area contributed by atoms with Gasteiger partial charge in [0.1, 0.15) is 0 Å². The minimum absolute atomic E-state index is 0.0118. The van der Waals surface area contributed by atoms with Crippen molar-refractivity contribution >= 4 is 11.8 Å². The van der Waals surface area contributed by atoms with Gasteiger partial charge in [-0.15, -0.1) is 0 Å². The molecule has 0 amide bonds. The quantitative estimate of drug-likeness (QED) is 0.665. The van der Waals surface area contributed by atoms with Crippen LogP contribution in [0.25, 0.3) is 0 Å². The number of nitrogens with two attached hydrogens (primary N) is 1. The van der Waals surface area contributed by atoms with Crippen molar-refractivity contribution in [2.75, 3.05) is 24.7 Å². The van der Waals surface area contributed by atoms with Crippen LogP contribution in [0.5, 0.6) is 0 Å². The Balaban J connectivity index is 1.92. The van der Waals surface area contributed by atoms with Crippen molar-refractivity contribution in [3.05, 3.63) is 0 Å². The Labute approximate surface area is 92.0 Å². The monoisotopic (exact) mass is 217 g/mol. The Morgan fingerprint density at radius 3 is 2.71 bits per heavy atom. The standard InChI is InChI=1S/C11H23NOS/c1-2-14-9-5-8-13-10-11(12)6-3-4-7-11/h2-10,12H2,1H3. The van der Waals surface area contributed by atoms with E-state index in [1.165, 1.54) is 24.3 Å². The van der Waals surface area contributed by atoms with Crippen LogP contribution in [0.1, 0.15) is 39.0 Å². The van der Waals surface area contributed by atoms with Gasteiger partial charge in [0.05, 0.1) is 6.61 Å². The number of hydrogen-bond donors (Lipinski definition) is 1. The van der Waals surface area contributed by atoms with Crippen molar-refractivity contribution < 1.29 is 4.74 Å². The summed E-state index contributed by atoms with van der Waals surface area (Å²) in [5, 5.41) is 0. The molecule has 0 spiro atoms. The van der Waals surface area contributed by atoms with Crippen LogP contribution in [0.15, 0.2) is 0 Å². The van der Waals surface area contributed by atoms with Crippen molar-refractivity contribution in [2.45, 2.75) is 44.6 Å². The van der Waals surface area contributed by atoms with Gasteiger partial charge < -0.3 is 10.5 Å². The van der Waals surface area contributed by atoms with Gasteiger partial charge in [-0.3, -0.25) is 0 Å².